The van der Waals surface area contributed by atoms with Gasteiger partial charge in [-0.2, -0.15) is 0 Å². The van der Waals surface area contributed by atoms with Gasteiger partial charge in [0.2, 0.25) is 0 Å². The molecular formula is C22H25BrN2. The normalized spacial score (nSPS) is 12.5. The van der Waals surface area contributed by atoms with Crippen molar-refractivity contribution < 1.29 is 0 Å². The van der Waals surface area contributed by atoms with Crippen molar-refractivity contribution in [3.05, 3.63) is 76.8 Å². The molecule has 0 aromatic heterocycles. The van der Waals surface area contributed by atoms with Gasteiger partial charge in [-0.15, -0.1) is 0 Å². The predicted octanol–water partition coefficient (Wildman–Crippen LogP) is 5.56. The molecule has 1 unspecified atom stereocenters. The summed E-state index contributed by atoms with van der Waals surface area (Å²) in [7, 11) is 4.27. The van der Waals surface area contributed by atoms with E-state index in [2.05, 4.69) is 113 Å². The average Bonchev–Trinajstić information content (AvgIpc) is 2.58. The molecule has 0 heterocycles. The standard InChI is InChI=1S/C22H25BrN2/c1-17(15-24(2)3)25(16-18-7-6-10-21(23)13-18)22-12-11-19-8-4-5-9-20(19)14-22/h4-14,17H,15-16H2,1-3H3. The van der Waals surface area contributed by atoms with Crippen LogP contribution in [-0.2, 0) is 6.54 Å². The highest BCUT2D eigenvalue weighted by atomic mass is 79.9. The highest BCUT2D eigenvalue weighted by molar-refractivity contribution is 9.10. The third kappa shape index (κ3) is 4.62. The van der Waals surface area contributed by atoms with Crippen LogP contribution >= 0.6 is 15.9 Å². The fourth-order valence-electron chi connectivity index (χ4n) is 3.32. The summed E-state index contributed by atoms with van der Waals surface area (Å²) in [5.74, 6) is 0. The Kier molecular flexibility index (Phi) is 5.77. The lowest BCUT2D eigenvalue weighted by Crippen LogP contribution is -2.39. The zero-order valence-corrected chi connectivity index (χ0v) is 16.7. The van der Waals surface area contributed by atoms with Crippen LogP contribution in [0.3, 0.4) is 0 Å². The Morgan fingerprint density at radius 2 is 1.64 bits per heavy atom. The fourth-order valence-corrected chi connectivity index (χ4v) is 3.76. The molecular weight excluding hydrogens is 372 g/mol. The Bertz CT molecular complexity index is 844. The first-order valence-electron chi connectivity index (χ1n) is 8.67. The number of halogens is 1. The summed E-state index contributed by atoms with van der Waals surface area (Å²) in [6.45, 7) is 4.21. The topological polar surface area (TPSA) is 6.48 Å². The zero-order chi connectivity index (χ0) is 17.8. The second kappa shape index (κ2) is 8.03. The molecule has 0 saturated carbocycles. The maximum absolute atomic E-state index is 3.59. The van der Waals surface area contributed by atoms with E-state index in [1.54, 1.807) is 0 Å². The summed E-state index contributed by atoms with van der Waals surface area (Å²) in [5.41, 5.74) is 2.58. The van der Waals surface area contributed by atoms with Gasteiger partial charge in [-0.05, 0) is 61.6 Å². The van der Waals surface area contributed by atoms with Gasteiger partial charge in [-0.25, -0.2) is 0 Å². The molecule has 0 radical (unpaired) electrons. The average molecular weight is 397 g/mol. The first-order valence-corrected chi connectivity index (χ1v) is 9.47. The molecule has 0 aliphatic rings. The summed E-state index contributed by atoms with van der Waals surface area (Å²) < 4.78 is 1.13. The third-order valence-electron chi connectivity index (χ3n) is 4.47. The van der Waals surface area contributed by atoms with Gasteiger partial charge in [0.25, 0.3) is 0 Å². The minimum atomic E-state index is 0.412. The van der Waals surface area contributed by atoms with Gasteiger partial charge in [0.05, 0.1) is 0 Å². The number of fused-ring (bicyclic) bond motifs is 1. The van der Waals surface area contributed by atoms with Crippen molar-refractivity contribution in [1.82, 2.24) is 4.90 Å². The van der Waals surface area contributed by atoms with Crippen LogP contribution in [0.5, 0.6) is 0 Å². The van der Waals surface area contributed by atoms with Gasteiger partial charge in [0.1, 0.15) is 0 Å². The molecule has 0 amide bonds. The summed E-state index contributed by atoms with van der Waals surface area (Å²) in [6, 6.07) is 24.3. The van der Waals surface area contributed by atoms with Gasteiger partial charge in [-0.3, -0.25) is 0 Å². The molecule has 3 aromatic carbocycles. The minimum Gasteiger partial charge on any atom is -0.363 e. The Morgan fingerprint density at radius 1 is 0.880 bits per heavy atom. The van der Waals surface area contributed by atoms with Crippen LogP contribution in [0.1, 0.15) is 12.5 Å². The predicted molar refractivity (Wildman–Crippen MR) is 112 cm³/mol. The smallest absolute Gasteiger partial charge is 0.0433 e. The highest BCUT2D eigenvalue weighted by Gasteiger charge is 2.16. The maximum atomic E-state index is 3.59. The summed E-state index contributed by atoms with van der Waals surface area (Å²) in [6.07, 6.45) is 0. The van der Waals surface area contributed by atoms with Crippen molar-refractivity contribution in [2.24, 2.45) is 0 Å². The van der Waals surface area contributed by atoms with Gasteiger partial charge in [0, 0.05) is 29.3 Å². The largest absolute Gasteiger partial charge is 0.363 e. The van der Waals surface area contributed by atoms with E-state index in [0.29, 0.717) is 6.04 Å². The van der Waals surface area contributed by atoms with Crippen LogP contribution in [0.15, 0.2) is 71.2 Å². The lowest BCUT2D eigenvalue weighted by Gasteiger charge is -2.33. The molecule has 130 valence electrons. The molecule has 3 heteroatoms. The van der Waals surface area contributed by atoms with Crippen molar-refractivity contribution in [3.8, 4) is 0 Å². The number of rotatable bonds is 6. The maximum Gasteiger partial charge on any atom is 0.0433 e. The molecule has 2 nitrogen and oxygen atoms in total. The Hall–Kier alpha value is -1.84. The molecule has 1 atom stereocenters. The van der Waals surface area contributed by atoms with Crippen LogP contribution < -0.4 is 4.90 Å². The Balaban J connectivity index is 1.96. The molecule has 3 rings (SSSR count). The van der Waals surface area contributed by atoms with Crippen LogP contribution in [0.4, 0.5) is 5.69 Å². The van der Waals surface area contributed by atoms with Crippen molar-refractivity contribution in [3.63, 3.8) is 0 Å². The van der Waals surface area contributed by atoms with E-state index in [4.69, 9.17) is 0 Å². The Morgan fingerprint density at radius 3 is 2.36 bits per heavy atom. The van der Waals surface area contributed by atoms with Crippen LogP contribution in [0.25, 0.3) is 10.8 Å². The fraction of sp³-hybridized carbons (Fsp3) is 0.273. The number of likely N-dealkylation sites (N-methyl/N-ethyl adjacent to an activating group) is 1. The second-order valence-corrected chi connectivity index (χ2v) is 7.82. The molecule has 0 N–H and O–H groups in total. The number of hydrogen-bond donors (Lipinski definition) is 0. The number of anilines is 1. The molecule has 0 bridgehead atoms. The first kappa shape index (κ1) is 18.0. The molecule has 25 heavy (non-hydrogen) atoms. The summed E-state index contributed by atoms with van der Waals surface area (Å²) in [4.78, 5) is 4.74. The van der Waals surface area contributed by atoms with Crippen molar-refractivity contribution in [2.45, 2.75) is 19.5 Å². The van der Waals surface area contributed by atoms with E-state index in [1.807, 2.05) is 0 Å². The number of nitrogens with zero attached hydrogens (tertiary/aromatic N) is 2. The quantitative estimate of drug-likeness (QED) is 0.537. The zero-order valence-electron chi connectivity index (χ0n) is 15.1. The molecule has 0 spiro atoms. The van der Waals surface area contributed by atoms with E-state index in [1.165, 1.54) is 22.0 Å². The number of hydrogen-bond acceptors (Lipinski definition) is 2. The van der Waals surface area contributed by atoms with Crippen molar-refractivity contribution in [1.29, 1.82) is 0 Å². The lowest BCUT2D eigenvalue weighted by atomic mass is 10.1. The molecule has 0 aliphatic carbocycles. The summed E-state index contributed by atoms with van der Waals surface area (Å²) >= 11 is 3.59. The van der Waals surface area contributed by atoms with Gasteiger partial charge in [0.15, 0.2) is 0 Å². The van der Waals surface area contributed by atoms with E-state index in [-0.39, 0.29) is 0 Å². The molecule has 0 saturated heterocycles. The second-order valence-electron chi connectivity index (χ2n) is 6.90. The van der Waals surface area contributed by atoms with E-state index >= 15 is 0 Å². The van der Waals surface area contributed by atoms with Crippen molar-refractivity contribution in [2.75, 3.05) is 25.5 Å². The van der Waals surface area contributed by atoms with Crippen LogP contribution in [0, 0.1) is 0 Å². The Labute approximate surface area is 159 Å². The minimum absolute atomic E-state index is 0.412. The van der Waals surface area contributed by atoms with Crippen molar-refractivity contribution >= 4 is 32.4 Å². The molecule has 0 aliphatic heterocycles. The van der Waals surface area contributed by atoms with Crippen LogP contribution in [-0.4, -0.2) is 31.6 Å². The molecule has 0 fully saturated rings. The van der Waals surface area contributed by atoms with Gasteiger partial charge < -0.3 is 9.80 Å². The van der Waals surface area contributed by atoms with E-state index in [0.717, 1.165) is 17.6 Å². The SMILES string of the molecule is CC(CN(C)C)N(Cc1cccc(Br)c1)c1ccc2ccccc2c1. The van der Waals surface area contributed by atoms with E-state index in [9.17, 15) is 0 Å². The highest BCUT2D eigenvalue weighted by Crippen LogP contribution is 2.26. The van der Waals surface area contributed by atoms with Gasteiger partial charge >= 0.3 is 0 Å². The monoisotopic (exact) mass is 396 g/mol. The third-order valence-corrected chi connectivity index (χ3v) is 4.96. The van der Waals surface area contributed by atoms with Gasteiger partial charge in [-0.1, -0.05) is 58.4 Å². The summed E-state index contributed by atoms with van der Waals surface area (Å²) in [5, 5.41) is 2.57. The molecule has 3 aromatic rings. The first-order chi connectivity index (χ1) is 12.0. The lowest BCUT2D eigenvalue weighted by molar-refractivity contribution is 0.370. The number of benzene rings is 3. The van der Waals surface area contributed by atoms with E-state index < -0.39 is 0 Å². The van der Waals surface area contributed by atoms with Crippen LogP contribution in [0.2, 0.25) is 0 Å².